The molecule has 0 atom stereocenters. The van der Waals surface area contributed by atoms with Crippen molar-refractivity contribution in [2.45, 2.75) is 157 Å². The van der Waals surface area contributed by atoms with Gasteiger partial charge in [0.15, 0.2) is 0 Å². The summed E-state index contributed by atoms with van der Waals surface area (Å²) in [5.41, 5.74) is 1.64. The van der Waals surface area contributed by atoms with E-state index in [0.717, 1.165) is 19.3 Å². The van der Waals surface area contributed by atoms with Gasteiger partial charge < -0.3 is 0 Å². The second-order valence-electron chi connectivity index (χ2n) is 16.5. The topological polar surface area (TPSA) is 0 Å². The molecule has 0 aliphatic rings. The van der Waals surface area contributed by atoms with Crippen LogP contribution in [-0.4, -0.2) is 0 Å². The van der Waals surface area contributed by atoms with Crippen LogP contribution in [0.3, 0.4) is 0 Å². The van der Waals surface area contributed by atoms with Crippen LogP contribution in [0.2, 0.25) is 0 Å². The fourth-order valence-corrected chi connectivity index (χ4v) is 2.18. The molecule has 0 heteroatoms. The van der Waals surface area contributed by atoms with Crippen LogP contribution in [0.4, 0.5) is 0 Å². The zero-order valence-corrected chi connectivity index (χ0v) is 27.5. The highest BCUT2D eigenvalue weighted by molar-refractivity contribution is 5.09. The molecular formula is C35H64. The van der Waals surface area contributed by atoms with Gasteiger partial charge in [-0.15, -0.1) is 17.8 Å². The molecule has 0 rings (SSSR count). The fourth-order valence-electron chi connectivity index (χ4n) is 2.18. The van der Waals surface area contributed by atoms with Crippen LogP contribution in [0.25, 0.3) is 0 Å². The summed E-state index contributed by atoms with van der Waals surface area (Å²) in [6.45, 7) is 39.4. The molecule has 0 heterocycles. The first-order valence-corrected chi connectivity index (χ1v) is 13.6. The lowest BCUT2D eigenvalue weighted by molar-refractivity contribution is 0.368. The Morgan fingerprint density at radius 1 is 0.371 bits per heavy atom. The molecule has 0 amide bonds. The van der Waals surface area contributed by atoms with Crippen molar-refractivity contribution < 1.29 is 0 Å². The van der Waals surface area contributed by atoms with Gasteiger partial charge in [0, 0.05) is 35.5 Å². The van der Waals surface area contributed by atoms with Gasteiger partial charge in [0.25, 0.3) is 0 Å². The van der Waals surface area contributed by atoms with E-state index in [4.69, 9.17) is 0 Å². The molecule has 0 spiro atoms. The van der Waals surface area contributed by atoms with Crippen molar-refractivity contribution in [3.8, 4) is 35.5 Å². The minimum absolute atomic E-state index is 0.158. The molecule has 0 aliphatic carbocycles. The van der Waals surface area contributed by atoms with E-state index in [1.54, 1.807) is 0 Å². The van der Waals surface area contributed by atoms with Crippen molar-refractivity contribution in [1.82, 2.24) is 0 Å². The lowest BCUT2D eigenvalue weighted by atomic mass is 9.90. The molecule has 35 heavy (non-hydrogen) atoms. The summed E-state index contributed by atoms with van der Waals surface area (Å²) >= 11 is 0. The van der Waals surface area contributed by atoms with Crippen molar-refractivity contribution in [1.29, 1.82) is 0 Å². The van der Waals surface area contributed by atoms with E-state index >= 15 is 0 Å². The highest BCUT2D eigenvalue weighted by Gasteiger charge is 2.10. The Morgan fingerprint density at radius 2 is 0.657 bits per heavy atom. The molecule has 0 N–H and O–H groups in total. The van der Waals surface area contributed by atoms with Crippen molar-refractivity contribution >= 4 is 0 Å². The normalized spacial score (nSPS) is 12.2. The van der Waals surface area contributed by atoms with Crippen LogP contribution in [0, 0.1) is 68.0 Å². The number of unbranched alkanes of at least 4 members (excludes halogenated alkanes) is 1. The van der Waals surface area contributed by atoms with E-state index in [9.17, 15) is 0 Å². The van der Waals surface area contributed by atoms with Gasteiger partial charge in [-0.05, 0) is 91.4 Å². The van der Waals surface area contributed by atoms with E-state index in [1.807, 2.05) is 0 Å². The Kier molecular flexibility index (Phi) is 17.2. The third-order valence-electron chi connectivity index (χ3n) is 3.86. The Bertz CT molecular complexity index is 684. The molecule has 0 aromatic rings. The summed E-state index contributed by atoms with van der Waals surface area (Å²) in [6, 6.07) is 0. The zero-order chi connectivity index (χ0) is 28.8. The second-order valence-corrected chi connectivity index (χ2v) is 16.5. The Labute approximate surface area is 224 Å². The predicted octanol–water partition coefficient (Wildman–Crippen LogP) is 11.2. The third kappa shape index (κ3) is 50.5. The molecule has 204 valence electrons. The minimum atomic E-state index is 0.158. The van der Waals surface area contributed by atoms with E-state index < -0.39 is 0 Å². The van der Waals surface area contributed by atoms with Crippen LogP contribution in [0.5, 0.6) is 0 Å². The largest absolute Gasteiger partial charge is 0.103 e. The molecule has 0 unspecified atom stereocenters. The van der Waals surface area contributed by atoms with Crippen LogP contribution < -0.4 is 0 Å². The SMILES string of the molecule is CC(C)(C)C#CCC(C)(C)C.CC(C)(C)C#CCC(C)(C)C.CC(C)(C)C#CCCCC(C)(C)C. The van der Waals surface area contributed by atoms with Crippen molar-refractivity contribution in [3.05, 3.63) is 0 Å². The average molecular weight is 485 g/mol. The van der Waals surface area contributed by atoms with Crippen molar-refractivity contribution in [2.24, 2.45) is 32.5 Å². The predicted molar refractivity (Wildman–Crippen MR) is 163 cm³/mol. The molecule has 0 aromatic heterocycles. The first kappa shape index (κ1) is 38.2. The maximum absolute atomic E-state index is 3.26. The molecule has 0 aliphatic heterocycles. The Morgan fingerprint density at radius 3 is 0.886 bits per heavy atom. The molecule has 0 nitrogen and oxygen atoms in total. The first-order chi connectivity index (χ1) is 15.1. The molecule has 0 bridgehead atoms. The third-order valence-corrected chi connectivity index (χ3v) is 3.86. The van der Waals surface area contributed by atoms with Crippen LogP contribution in [0.1, 0.15) is 157 Å². The maximum Gasteiger partial charge on any atom is 0.0230 e. The number of hydrogen-bond acceptors (Lipinski definition) is 0. The van der Waals surface area contributed by atoms with Gasteiger partial charge in [-0.3, -0.25) is 0 Å². The van der Waals surface area contributed by atoms with Gasteiger partial charge in [-0.1, -0.05) is 80.1 Å². The van der Waals surface area contributed by atoms with E-state index in [1.165, 1.54) is 12.8 Å². The smallest absolute Gasteiger partial charge is 0.0230 e. The van der Waals surface area contributed by atoms with Gasteiger partial charge >= 0.3 is 0 Å². The van der Waals surface area contributed by atoms with E-state index in [2.05, 4.69) is 160 Å². The summed E-state index contributed by atoms with van der Waals surface area (Å²) in [5, 5.41) is 0. The highest BCUT2D eigenvalue weighted by Crippen LogP contribution is 2.21. The first-order valence-electron chi connectivity index (χ1n) is 13.6. The molecule has 0 saturated heterocycles. The van der Waals surface area contributed by atoms with Crippen LogP contribution in [-0.2, 0) is 0 Å². The highest BCUT2D eigenvalue weighted by atomic mass is 14.1. The minimum Gasteiger partial charge on any atom is -0.103 e. The second kappa shape index (κ2) is 15.7. The summed E-state index contributed by atoms with van der Waals surface area (Å²) < 4.78 is 0. The zero-order valence-electron chi connectivity index (χ0n) is 27.5. The monoisotopic (exact) mass is 485 g/mol. The number of hydrogen-bond donors (Lipinski definition) is 0. The molecular weight excluding hydrogens is 420 g/mol. The quantitative estimate of drug-likeness (QED) is 0.270. The van der Waals surface area contributed by atoms with Gasteiger partial charge in [-0.25, -0.2) is 0 Å². The lowest BCUT2D eigenvalue weighted by Crippen LogP contribution is -2.04. The summed E-state index contributed by atoms with van der Waals surface area (Å²) in [7, 11) is 0. The van der Waals surface area contributed by atoms with E-state index in [0.29, 0.717) is 16.2 Å². The maximum atomic E-state index is 3.26. The van der Waals surface area contributed by atoms with Gasteiger partial charge in [0.1, 0.15) is 0 Å². The Balaban J connectivity index is -0.000000441. The summed E-state index contributed by atoms with van der Waals surface area (Å²) in [6.07, 6.45) is 5.53. The van der Waals surface area contributed by atoms with Crippen LogP contribution >= 0.6 is 0 Å². The van der Waals surface area contributed by atoms with Gasteiger partial charge in [-0.2, -0.15) is 0 Å². The molecule has 0 saturated carbocycles. The molecule has 0 aromatic carbocycles. The Hall–Kier alpha value is -1.32. The van der Waals surface area contributed by atoms with Gasteiger partial charge in [0.2, 0.25) is 0 Å². The van der Waals surface area contributed by atoms with Gasteiger partial charge in [0.05, 0.1) is 0 Å². The molecule has 0 fully saturated rings. The standard InChI is InChI=1S/C13H24.2C11H20/c1-12(2,3)10-8-7-9-11-13(4,5)6;2*1-10(2,3)8-7-9-11(4,5)6/h7-8,10H2,1-6H3;2*8H2,1-6H3. The fraction of sp³-hybridized carbons (Fsp3) is 0.829. The summed E-state index contributed by atoms with van der Waals surface area (Å²) in [4.78, 5) is 0. The van der Waals surface area contributed by atoms with Crippen LogP contribution in [0.15, 0.2) is 0 Å². The van der Waals surface area contributed by atoms with E-state index in [-0.39, 0.29) is 16.2 Å². The lowest BCUT2D eigenvalue weighted by Gasteiger charge is -2.16. The average Bonchev–Trinajstić information content (AvgIpc) is 2.48. The van der Waals surface area contributed by atoms with Crippen molar-refractivity contribution in [2.75, 3.05) is 0 Å². The van der Waals surface area contributed by atoms with Crippen molar-refractivity contribution in [3.63, 3.8) is 0 Å². The summed E-state index contributed by atoms with van der Waals surface area (Å²) in [5.74, 6) is 19.4. The number of rotatable bonds is 2. The molecule has 0 radical (unpaired) electrons.